The second-order valence-corrected chi connectivity index (χ2v) is 7.14. The summed E-state index contributed by atoms with van der Waals surface area (Å²) in [6, 6.07) is 4.59. The van der Waals surface area contributed by atoms with Crippen LogP contribution in [-0.4, -0.2) is 18.7 Å². The molecular weight excluding hydrogens is 360 g/mol. The molecule has 2 rings (SSSR count). The van der Waals surface area contributed by atoms with Crippen molar-refractivity contribution in [2.24, 2.45) is 0 Å². The summed E-state index contributed by atoms with van der Waals surface area (Å²) in [5, 5.41) is 12.8. The Morgan fingerprint density at radius 3 is 2.62 bits per heavy atom. The van der Waals surface area contributed by atoms with E-state index in [1.807, 2.05) is 0 Å². The van der Waals surface area contributed by atoms with E-state index in [1.165, 1.54) is 6.07 Å². The zero-order valence-corrected chi connectivity index (χ0v) is 14.0. The van der Waals surface area contributed by atoms with Crippen molar-refractivity contribution in [2.75, 3.05) is 0 Å². The molecule has 6 nitrogen and oxygen atoms in total. The van der Waals surface area contributed by atoms with E-state index in [0.29, 0.717) is 21.5 Å². The number of benzene rings is 1. The summed E-state index contributed by atoms with van der Waals surface area (Å²) in [4.78, 5) is 0.117. The maximum atomic E-state index is 12.3. The molecule has 0 bridgehead atoms. The van der Waals surface area contributed by atoms with Crippen molar-refractivity contribution >= 4 is 26.0 Å². The lowest BCUT2D eigenvalue weighted by Crippen LogP contribution is -2.24. The Balaban J connectivity index is 2.23. The van der Waals surface area contributed by atoms with Crippen molar-refractivity contribution in [3.63, 3.8) is 0 Å². The lowest BCUT2D eigenvalue weighted by molar-refractivity contribution is 0.281. The number of rotatable bonds is 5. The van der Waals surface area contributed by atoms with Crippen molar-refractivity contribution in [3.05, 3.63) is 45.3 Å². The van der Waals surface area contributed by atoms with E-state index in [1.54, 1.807) is 26.0 Å². The highest BCUT2D eigenvalue weighted by Gasteiger charge is 2.19. The van der Waals surface area contributed by atoms with Gasteiger partial charge in [-0.2, -0.15) is 0 Å². The fourth-order valence-electron chi connectivity index (χ4n) is 1.86. The molecular formula is C13H15BrN2O4S. The number of aliphatic hydroxyl groups is 1. The molecule has 1 heterocycles. The van der Waals surface area contributed by atoms with Crippen molar-refractivity contribution in [1.82, 2.24) is 9.88 Å². The highest BCUT2D eigenvalue weighted by atomic mass is 79.9. The van der Waals surface area contributed by atoms with Gasteiger partial charge in [-0.25, -0.2) is 13.1 Å². The Morgan fingerprint density at radius 2 is 2.10 bits per heavy atom. The molecule has 0 aliphatic carbocycles. The van der Waals surface area contributed by atoms with Gasteiger partial charge in [0.25, 0.3) is 0 Å². The SMILES string of the molecule is Cc1noc(C)c1CNS(=O)(=O)c1ccc(CO)cc1Br. The summed E-state index contributed by atoms with van der Waals surface area (Å²) in [6.07, 6.45) is 0. The summed E-state index contributed by atoms with van der Waals surface area (Å²) in [7, 11) is -3.67. The number of aliphatic hydroxyl groups excluding tert-OH is 1. The predicted molar refractivity (Wildman–Crippen MR) is 80.1 cm³/mol. The number of aryl methyl sites for hydroxylation is 2. The molecule has 21 heavy (non-hydrogen) atoms. The lowest BCUT2D eigenvalue weighted by atomic mass is 10.2. The van der Waals surface area contributed by atoms with Gasteiger partial charge in [0, 0.05) is 16.6 Å². The fraction of sp³-hybridized carbons (Fsp3) is 0.308. The first-order valence-corrected chi connectivity index (χ1v) is 8.43. The number of halogens is 1. The minimum Gasteiger partial charge on any atom is -0.392 e. The van der Waals surface area contributed by atoms with Gasteiger partial charge < -0.3 is 9.63 Å². The summed E-state index contributed by atoms with van der Waals surface area (Å²) >= 11 is 3.21. The van der Waals surface area contributed by atoms with Crippen LogP contribution in [0.2, 0.25) is 0 Å². The second kappa shape index (κ2) is 6.27. The third-order valence-corrected chi connectivity index (χ3v) is 5.47. The maximum absolute atomic E-state index is 12.3. The molecule has 0 aliphatic rings. The molecule has 1 aromatic carbocycles. The Hall–Kier alpha value is -1.22. The van der Waals surface area contributed by atoms with Gasteiger partial charge in [0.15, 0.2) is 0 Å². The van der Waals surface area contributed by atoms with Crippen LogP contribution in [0.25, 0.3) is 0 Å². The molecule has 0 saturated heterocycles. The van der Waals surface area contributed by atoms with E-state index in [0.717, 1.165) is 5.56 Å². The van der Waals surface area contributed by atoms with Crippen LogP contribution >= 0.6 is 15.9 Å². The van der Waals surface area contributed by atoms with Crippen molar-refractivity contribution in [3.8, 4) is 0 Å². The number of sulfonamides is 1. The molecule has 1 aromatic heterocycles. The molecule has 0 unspecified atom stereocenters. The van der Waals surface area contributed by atoms with E-state index in [-0.39, 0.29) is 18.0 Å². The van der Waals surface area contributed by atoms with Crippen molar-refractivity contribution in [1.29, 1.82) is 0 Å². The maximum Gasteiger partial charge on any atom is 0.241 e. The topological polar surface area (TPSA) is 92.4 Å². The third kappa shape index (κ3) is 3.52. The highest BCUT2D eigenvalue weighted by molar-refractivity contribution is 9.10. The van der Waals surface area contributed by atoms with Gasteiger partial charge in [-0.05, 0) is 47.5 Å². The lowest BCUT2D eigenvalue weighted by Gasteiger charge is -2.09. The molecule has 8 heteroatoms. The molecule has 0 saturated carbocycles. The smallest absolute Gasteiger partial charge is 0.241 e. The molecule has 114 valence electrons. The molecule has 0 atom stereocenters. The Bertz CT molecular complexity index is 736. The molecule has 2 N–H and O–H groups in total. The first-order valence-electron chi connectivity index (χ1n) is 6.16. The second-order valence-electron chi connectivity index (χ2n) is 4.55. The van der Waals surface area contributed by atoms with Crippen molar-refractivity contribution in [2.45, 2.75) is 31.9 Å². The molecule has 0 fully saturated rings. The zero-order valence-electron chi connectivity index (χ0n) is 11.6. The molecule has 2 aromatic rings. The summed E-state index contributed by atoms with van der Waals surface area (Å²) in [5.74, 6) is 0.588. The van der Waals surface area contributed by atoms with Crippen molar-refractivity contribution < 1.29 is 18.0 Å². The van der Waals surface area contributed by atoms with Gasteiger partial charge >= 0.3 is 0 Å². The van der Waals surface area contributed by atoms with Crippen LogP contribution in [0, 0.1) is 13.8 Å². The standard InChI is InChI=1S/C13H15BrN2O4S/c1-8-11(9(2)20-16-8)6-15-21(18,19)13-4-3-10(7-17)5-12(13)14/h3-5,15,17H,6-7H2,1-2H3. The van der Waals surface area contributed by atoms with Crippen LogP contribution in [0.5, 0.6) is 0 Å². The third-order valence-electron chi connectivity index (χ3n) is 3.09. The van der Waals surface area contributed by atoms with Gasteiger partial charge in [-0.1, -0.05) is 11.2 Å². The van der Waals surface area contributed by atoms with E-state index < -0.39 is 10.0 Å². The molecule has 0 radical (unpaired) electrons. The largest absolute Gasteiger partial charge is 0.392 e. The Morgan fingerprint density at radius 1 is 1.38 bits per heavy atom. The average Bonchev–Trinajstić information content (AvgIpc) is 2.75. The predicted octanol–water partition coefficient (Wildman–Crippen LogP) is 2.02. The quantitative estimate of drug-likeness (QED) is 0.834. The number of nitrogens with one attached hydrogen (secondary N) is 1. The van der Waals surface area contributed by atoms with Crippen LogP contribution in [0.4, 0.5) is 0 Å². The van der Waals surface area contributed by atoms with Crippen LogP contribution in [0.15, 0.2) is 32.1 Å². The number of nitrogens with zero attached hydrogens (tertiary/aromatic N) is 1. The van der Waals surface area contributed by atoms with E-state index >= 15 is 0 Å². The van der Waals surface area contributed by atoms with E-state index in [4.69, 9.17) is 9.63 Å². The molecule has 0 aliphatic heterocycles. The van der Waals surface area contributed by atoms with E-state index in [9.17, 15) is 8.42 Å². The molecule has 0 amide bonds. The molecule has 0 spiro atoms. The van der Waals surface area contributed by atoms with Gasteiger partial charge in [-0.3, -0.25) is 0 Å². The van der Waals surface area contributed by atoms with Crippen LogP contribution < -0.4 is 4.72 Å². The first-order chi connectivity index (χ1) is 9.85. The Labute approximate surface area is 131 Å². The number of hydrogen-bond donors (Lipinski definition) is 2. The minimum absolute atomic E-state index is 0.109. The van der Waals surface area contributed by atoms with Gasteiger partial charge in [0.1, 0.15) is 5.76 Å². The minimum atomic E-state index is -3.67. The van der Waals surface area contributed by atoms with Gasteiger partial charge in [0.2, 0.25) is 10.0 Å². The summed E-state index contributed by atoms with van der Waals surface area (Å²) in [6.45, 7) is 3.45. The Kier molecular flexibility index (Phi) is 4.82. The summed E-state index contributed by atoms with van der Waals surface area (Å²) < 4.78 is 32.6. The average molecular weight is 375 g/mol. The highest BCUT2D eigenvalue weighted by Crippen LogP contribution is 2.24. The van der Waals surface area contributed by atoms with Crippen LogP contribution in [-0.2, 0) is 23.2 Å². The van der Waals surface area contributed by atoms with Crippen LogP contribution in [0.1, 0.15) is 22.6 Å². The van der Waals surface area contributed by atoms with Crippen LogP contribution in [0.3, 0.4) is 0 Å². The van der Waals surface area contributed by atoms with Gasteiger partial charge in [-0.15, -0.1) is 0 Å². The normalized spacial score (nSPS) is 11.8. The monoisotopic (exact) mass is 374 g/mol. The van der Waals surface area contributed by atoms with E-state index in [2.05, 4.69) is 25.8 Å². The van der Waals surface area contributed by atoms with Gasteiger partial charge in [0.05, 0.1) is 17.2 Å². The fourth-order valence-corrected chi connectivity index (χ4v) is 3.98. The zero-order chi connectivity index (χ0) is 15.6. The first kappa shape index (κ1) is 16.2. The summed E-state index contributed by atoms with van der Waals surface area (Å²) in [5.41, 5.74) is 2.01. The number of hydrogen-bond acceptors (Lipinski definition) is 5. The number of aromatic nitrogens is 1.